The summed E-state index contributed by atoms with van der Waals surface area (Å²) in [7, 11) is 2.07. The molecule has 0 aliphatic carbocycles. The summed E-state index contributed by atoms with van der Waals surface area (Å²) in [4.78, 5) is 17.0. The molecular weight excluding hydrogens is 314 g/mol. The minimum Gasteiger partial charge on any atom is -0.492 e. The van der Waals surface area contributed by atoms with Gasteiger partial charge in [-0.2, -0.15) is 0 Å². The zero-order valence-electron chi connectivity index (χ0n) is 14.8. The van der Waals surface area contributed by atoms with Crippen LogP contribution in [0.5, 0.6) is 5.75 Å². The Morgan fingerprint density at radius 2 is 2.00 bits per heavy atom. The lowest BCUT2D eigenvalue weighted by Gasteiger charge is -2.20. The van der Waals surface area contributed by atoms with Gasteiger partial charge in [0.25, 0.3) is 5.91 Å². The molecule has 1 aromatic heterocycles. The number of carbonyl (C=O) groups excluding carboxylic acids is 1. The number of likely N-dealkylation sites (tertiary alicyclic amines) is 1. The van der Waals surface area contributed by atoms with Gasteiger partial charge in [-0.15, -0.1) is 0 Å². The fourth-order valence-electron chi connectivity index (χ4n) is 3.71. The Morgan fingerprint density at radius 1 is 1.16 bits per heavy atom. The fourth-order valence-corrected chi connectivity index (χ4v) is 3.71. The molecule has 2 aromatic rings. The molecule has 5 heteroatoms. The molecule has 3 heterocycles. The van der Waals surface area contributed by atoms with Crippen molar-refractivity contribution in [3.63, 3.8) is 0 Å². The first kappa shape index (κ1) is 16.2. The summed E-state index contributed by atoms with van der Waals surface area (Å²) < 4.78 is 8.07. The van der Waals surface area contributed by atoms with Gasteiger partial charge < -0.3 is 14.2 Å². The molecule has 0 radical (unpaired) electrons. The van der Waals surface area contributed by atoms with Gasteiger partial charge in [0.05, 0.1) is 0 Å². The highest BCUT2D eigenvalue weighted by Crippen LogP contribution is 2.26. The highest BCUT2D eigenvalue weighted by atomic mass is 16.5. The van der Waals surface area contributed by atoms with Crippen LogP contribution < -0.4 is 4.74 Å². The molecule has 2 aliphatic rings. The second kappa shape index (κ2) is 6.92. The molecule has 4 rings (SSSR count). The second-order valence-corrected chi connectivity index (χ2v) is 6.99. The first-order valence-electron chi connectivity index (χ1n) is 9.08. The zero-order valence-corrected chi connectivity index (χ0v) is 14.8. The van der Waals surface area contributed by atoms with Crippen molar-refractivity contribution < 1.29 is 9.53 Å². The van der Waals surface area contributed by atoms with E-state index >= 15 is 0 Å². The molecule has 0 atom stereocenters. The zero-order chi connectivity index (χ0) is 17.2. The summed E-state index contributed by atoms with van der Waals surface area (Å²) in [6.45, 7) is 5.02. The van der Waals surface area contributed by atoms with Gasteiger partial charge in [-0.3, -0.25) is 9.69 Å². The van der Waals surface area contributed by atoms with Crippen molar-refractivity contribution in [1.29, 1.82) is 0 Å². The average Bonchev–Trinajstić information content (AvgIpc) is 3.23. The summed E-state index contributed by atoms with van der Waals surface area (Å²) in [5.41, 5.74) is 3.18. The quantitative estimate of drug-likeness (QED) is 0.863. The number of carbonyl (C=O) groups is 1. The predicted molar refractivity (Wildman–Crippen MR) is 96.6 cm³/mol. The molecule has 25 heavy (non-hydrogen) atoms. The van der Waals surface area contributed by atoms with Crippen molar-refractivity contribution in [1.82, 2.24) is 14.4 Å². The Hall–Kier alpha value is -2.27. The summed E-state index contributed by atoms with van der Waals surface area (Å²) in [5, 5.41) is 0. The minimum absolute atomic E-state index is 0.151. The lowest BCUT2D eigenvalue weighted by atomic mass is 10.1. The molecular formula is C20H25N3O2. The van der Waals surface area contributed by atoms with Gasteiger partial charge in [-0.1, -0.05) is 0 Å². The van der Waals surface area contributed by atoms with E-state index in [0.717, 1.165) is 62.4 Å². The summed E-state index contributed by atoms with van der Waals surface area (Å²) in [5.74, 6) is 1.06. The molecule has 0 N–H and O–H groups in total. The Kier molecular flexibility index (Phi) is 4.49. The van der Waals surface area contributed by atoms with E-state index in [0.29, 0.717) is 6.61 Å². The maximum absolute atomic E-state index is 12.7. The Morgan fingerprint density at radius 3 is 2.76 bits per heavy atom. The largest absolute Gasteiger partial charge is 0.492 e. The molecule has 0 unspecified atom stereocenters. The van der Waals surface area contributed by atoms with Gasteiger partial charge >= 0.3 is 0 Å². The fraction of sp³-hybridized carbons (Fsp3) is 0.450. The minimum atomic E-state index is 0.151. The summed E-state index contributed by atoms with van der Waals surface area (Å²) in [6, 6.07) is 10.1. The number of benzene rings is 1. The SMILES string of the molecule is Cn1cccc1CN1CCOc2ccc(C(=O)N3CCCC3)cc2C1. The normalized spacial score (nSPS) is 17.9. The molecule has 1 amide bonds. The number of rotatable bonds is 3. The first-order chi connectivity index (χ1) is 12.2. The third-order valence-corrected chi connectivity index (χ3v) is 5.20. The third-order valence-electron chi connectivity index (χ3n) is 5.20. The third kappa shape index (κ3) is 3.42. The van der Waals surface area contributed by atoms with Crippen LogP contribution in [0.3, 0.4) is 0 Å². The number of ether oxygens (including phenoxy) is 1. The number of aromatic nitrogens is 1. The van der Waals surface area contributed by atoms with Gasteiger partial charge in [-0.05, 0) is 43.2 Å². The van der Waals surface area contributed by atoms with E-state index in [4.69, 9.17) is 4.74 Å². The van der Waals surface area contributed by atoms with Crippen LogP contribution in [0.1, 0.15) is 34.5 Å². The van der Waals surface area contributed by atoms with Crippen LogP contribution in [0, 0.1) is 0 Å². The van der Waals surface area contributed by atoms with E-state index in [1.54, 1.807) is 0 Å². The number of fused-ring (bicyclic) bond motifs is 1. The standard InChI is InChI=1S/C20H25N3O2/c1-21-8-4-5-18(21)15-22-11-12-25-19-7-6-16(13-17(19)14-22)20(24)23-9-2-3-10-23/h4-8,13H,2-3,9-12,14-15H2,1H3. The topological polar surface area (TPSA) is 37.7 Å². The molecule has 2 aliphatic heterocycles. The van der Waals surface area contributed by atoms with Gasteiger partial charge in [0.1, 0.15) is 12.4 Å². The van der Waals surface area contributed by atoms with E-state index in [-0.39, 0.29) is 5.91 Å². The smallest absolute Gasteiger partial charge is 0.253 e. The van der Waals surface area contributed by atoms with Crippen molar-refractivity contribution in [3.8, 4) is 5.75 Å². The molecule has 1 fully saturated rings. The Labute approximate surface area is 148 Å². The van der Waals surface area contributed by atoms with Gasteiger partial charge in [0.2, 0.25) is 0 Å². The van der Waals surface area contributed by atoms with E-state index in [1.807, 2.05) is 23.1 Å². The number of hydrogen-bond acceptors (Lipinski definition) is 3. The highest BCUT2D eigenvalue weighted by Gasteiger charge is 2.22. The van der Waals surface area contributed by atoms with Gasteiger partial charge in [0, 0.05) is 62.8 Å². The van der Waals surface area contributed by atoms with Gasteiger partial charge in [0.15, 0.2) is 0 Å². The van der Waals surface area contributed by atoms with Crippen LogP contribution in [-0.2, 0) is 20.1 Å². The van der Waals surface area contributed by atoms with E-state index < -0.39 is 0 Å². The molecule has 0 bridgehead atoms. The highest BCUT2D eigenvalue weighted by molar-refractivity contribution is 5.94. The van der Waals surface area contributed by atoms with Crippen LogP contribution in [-0.4, -0.2) is 46.5 Å². The van der Waals surface area contributed by atoms with Crippen molar-refractivity contribution >= 4 is 5.91 Å². The average molecular weight is 339 g/mol. The van der Waals surface area contributed by atoms with Crippen LogP contribution >= 0.6 is 0 Å². The van der Waals surface area contributed by atoms with Gasteiger partial charge in [-0.25, -0.2) is 0 Å². The molecule has 132 valence electrons. The van der Waals surface area contributed by atoms with E-state index in [2.05, 4.69) is 34.8 Å². The van der Waals surface area contributed by atoms with Crippen molar-refractivity contribution in [3.05, 3.63) is 53.3 Å². The lowest BCUT2D eigenvalue weighted by Crippen LogP contribution is -2.28. The number of hydrogen-bond donors (Lipinski definition) is 0. The molecule has 1 saturated heterocycles. The summed E-state index contributed by atoms with van der Waals surface area (Å²) in [6.07, 6.45) is 4.30. The van der Waals surface area contributed by atoms with Crippen molar-refractivity contribution in [2.24, 2.45) is 7.05 Å². The van der Waals surface area contributed by atoms with Crippen LogP contribution in [0.25, 0.3) is 0 Å². The molecule has 0 spiro atoms. The van der Waals surface area contributed by atoms with Crippen LogP contribution in [0.4, 0.5) is 0 Å². The Bertz CT molecular complexity index is 762. The second-order valence-electron chi connectivity index (χ2n) is 6.99. The van der Waals surface area contributed by atoms with Crippen molar-refractivity contribution in [2.75, 3.05) is 26.2 Å². The number of aryl methyl sites for hydroxylation is 1. The maximum Gasteiger partial charge on any atom is 0.253 e. The molecule has 5 nitrogen and oxygen atoms in total. The molecule has 1 aromatic carbocycles. The van der Waals surface area contributed by atoms with Crippen LogP contribution in [0.15, 0.2) is 36.5 Å². The maximum atomic E-state index is 12.7. The molecule has 0 saturated carbocycles. The predicted octanol–water partition coefficient (Wildman–Crippen LogP) is 2.66. The first-order valence-corrected chi connectivity index (χ1v) is 9.08. The summed E-state index contributed by atoms with van der Waals surface area (Å²) >= 11 is 0. The monoisotopic (exact) mass is 339 g/mol. The lowest BCUT2D eigenvalue weighted by molar-refractivity contribution is 0.0792. The van der Waals surface area contributed by atoms with Crippen LogP contribution in [0.2, 0.25) is 0 Å². The van der Waals surface area contributed by atoms with Crippen molar-refractivity contribution in [2.45, 2.75) is 25.9 Å². The Balaban J connectivity index is 1.53. The number of nitrogens with zero attached hydrogens (tertiary/aromatic N) is 3. The van der Waals surface area contributed by atoms with E-state index in [9.17, 15) is 4.79 Å². The number of amides is 1. The van der Waals surface area contributed by atoms with E-state index in [1.165, 1.54) is 5.69 Å².